The van der Waals surface area contributed by atoms with Crippen LogP contribution in [0.1, 0.15) is 47.0 Å². The molecule has 0 spiro atoms. The zero-order chi connectivity index (χ0) is 11.5. The van der Waals surface area contributed by atoms with Crippen molar-refractivity contribution in [2.75, 3.05) is 13.1 Å². The molecule has 0 aromatic heterocycles. The fourth-order valence-electron chi connectivity index (χ4n) is 2.36. The van der Waals surface area contributed by atoms with E-state index in [-0.39, 0.29) is 0 Å². The molecule has 0 amide bonds. The fourth-order valence-corrected chi connectivity index (χ4v) is 2.36. The van der Waals surface area contributed by atoms with Gasteiger partial charge in [-0.2, -0.15) is 0 Å². The van der Waals surface area contributed by atoms with Crippen molar-refractivity contribution >= 4 is 0 Å². The second kappa shape index (κ2) is 4.87. The van der Waals surface area contributed by atoms with Gasteiger partial charge in [0, 0.05) is 18.8 Å². The van der Waals surface area contributed by atoms with E-state index in [1.165, 1.54) is 30.7 Å². The third-order valence-corrected chi connectivity index (χ3v) is 3.33. The van der Waals surface area contributed by atoms with Gasteiger partial charge in [0.1, 0.15) is 0 Å². The number of rotatable bonds is 3. The molecule has 1 rings (SSSR count). The van der Waals surface area contributed by atoms with E-state index in [1.807, 2.05) is 0 Å². The van der Waals surface area contributed by atoms with Gasteiger partial charge in [-0.25, -0.2) is 0 Å². The third-order valence-electron chi connectivity index (χ3n) is 3.33. The zero-order valence-corrected chi connectivity index (χ0v) is 10.8. The van der Waals surface area contributed by atoms with Crippen molar-refractivity contribution in [2.45, 2.75) is 47.0 Å². The SMILES string of the molecule is C=C1/C(=C\CC)C(C)(C)CCN1CCC. The molecule has 0 aliphatic carbocycles. The minimum atomic E-state index is 0.317. The summed E-state index contributed by atoms with van der Waals surface area (Å²) in [6.07, 6.45) is 5.92. The number of likely N-dealkylation sites (tertiary alicyclic amines) is 1. The summed E-state index contributed by atoms with van der Waals surface area (Å²) in [5.41, 5.74) is 3.04. The van der Waals surface area contributed by atoms with Crippen molar-refractivity contribution < 1.29 is 0 Å². The maximum absolute atomic E-state index is 4.27. The van der Waals surface area contributed by atoms with Gasteiger partial charge in [-0.15, -0.1) is 0 Å². The van der Waals surface area contributed by atoms with Crippen molar-refractivity contribution in [3.05, 3.63) is 23.9 Å². The van der Waals surface area contributed by atoms with Gasteiger partial charge in [0.05, 0.1) is 0 Å². The third kappa shape index (κ3) is 2.64. The zero-order valence-electron chi connectivity index (χ0n) is 10.8. The van der Waals surface area contributed by atoms with E-state index < -0.39 is 0 Å². The monoisotopic (exact) mass is 207 g/mol. The number of hydrogen-bond acceptors (Lipinski definition) is 1. The molecule has 0 unspecified atom stereocenters. The molecule has 0 bridgehead atoms. The summed E-state index contributed by atoms with van der Waals surface area (Å²) < 4.78 is 0. The predicted molar refractivity (Wildman–Crippen MR) is 67.8 cm³/mol. The Morgan fingerprint density at radius 3 is 2.60 bits per heavy atom. The molecule has 0 aromatic carbocycles. The minimum absolute atomic E-state index is 0.317. The second-order valence-electron chi connectivity index (χ2n) is 5.09. The van der Waals surface area contributed by atoms with Crippen LogP contribution >= 0.6 is 0 Å². The molecular weight excluding hydrogens is 182 g/mol. The Bertz CT molecular complexity index is 261. The summed E-state index contributed by atoms with van der Waals surface area (Å²) in [6.45, 7) is 15.7. The van der Waals surface area contributed by atoms with Gasteiger partial charge in [-0.3, -0.25) is 0 Å². The topological polar surface area (TPSA) is 3.24 Å². The highest BCUT2D eigenvalue weighted by Gasteiger charge is 2.31. The lowest BCUT2D eigenvalue weighted by molar-refractivity contribution is 0.237. The molecule has 0 radical (unpaired) electrons. The van der Waals surface area contributed by atoms with Crippen LogP contribution in [0.4, 0.5) is 0 Å². The molecule has 0 aromatic rings. The largest absolute Gasteiger partial charge is 0.372 e. The minimum Gasteiger partial charge on any atom is -0.372 e. The number of allylic oxidation sites excluding steroid dienone is 2. The highest BCUT2D eigenvalue weighted by atomic mass is 15.1. The number of hydrogen-bond donors (Lipinski definition) is 0. The quantitative estimate of drug-likeness (QED) is 0.676. The highest BCUT2D eigenvalue weighted by Crippen LogP contribution is 2.40. The average molecular weight is 207 g/mol. The first-order chi connectivity index (χ1) is 7.03. The van der Waals surface area contributed by atoms with Crippen molar-refractivity contribution in [3.8, 4) is 0 Å². The molecule has 0 N–H and O–H groups in total. The maximum Gasteiger partial charge on any atom is 0.0328 e. The molecule has 1 heterocycles. The van der Waals surface area contributed by atoms with E-state index in [2.05, 4.69) is 45.2 Å². The van der Waals surface area contributed by atoms with Gasteiger partial charge in [0.15, 0.2) is 0 Å². The molecule has 0 atom stereocenters. The van der Waals surface area contributed by atoms with E-state index >= 15 is 0 Å². The summed E-state index contributed by atoms with van der Waals surface area (Å²) in [5.74, 6) is 0. The van der Waals surface area contributed by atoms with Crippen molar-refractivity contribution in [1.82, 2.24) is 4.90 Å². The van der Waals surface area contributed by atoms with Crippen LogP contribution in [-0.4, -0.2) is 18.0 Å². The van der Waals surface area contributed by atoms with Gasteiger partial charge in [-0.05, 0) is 30.3 Å². The van der Waals surface area contributed by atoms with Gasteiger partial charge in [0.2, 0.25) is 0 Å². The van der Waals surface area contributed by atoms with Crippen LogP contribution in [0.25, 0.3) is 0 Å². The molecule has 86 valence electrons. The van der Waals surface area contributed by atoms with Crippen LogP contribution in [0, 0.1) is 5.41 Å². The van der Waals surface area contributed by atoms with Crippen molar-refractivity contribution in [1.29, 1.82) is 0 Å². The van der Waals surface area contributed by atoms with Crippen LogP contribution in [0.3, 0.4) is 0 Å². The van der Waals surface area contributed by atoms with Crippen molar-refractivity contribution in [3.63, 3.8) is 0 Å². The van der Waals surface area contributed by atoms with Crippen LogP contribution < -0.4 is 0 Å². The fraction of sp³-hybridized carbons (Fsp3) is 0.714. The van der Waals surface area contributed by atoms with E-state index in [4.69, 9.17) is 0 Å². The predicted octanol–water partition coefficient (Wildman–Crippen LogP) is 3.98. The molecule has 0 saturated carbocycles. The first-order valence-corrected chi connectivity index (χ1v) is 6.17. The summed E-state index contributed by atoms with van der Waals surface area (Å²) in [7, 11) is 0. The van der Waals surface area contributed by atoms with Gasteiger partial charge >= 0.3 is 0 Å². The van der Waals surface area contributed by atoms with Gasteiger partial charge in [-0.1, -0.05) is 40.3 Å². The smallest absolute Gasteiger partial charge is 0.0328 e. The Kier molecular flexibility index (Phi) is 4.01. The lowest BCUT2D eigenvalue weighted by atomic mass is 9.76. The molecule has 1 aliphatic heterocycles. The molecule has 1 aliphatic rings. The standard InChI is InChI=1S/C14H25N/c1-6-8-13-12(3)15(10-7-2)11-9-14(13,4)5/h8H,3,6-7,9-11H2,1-2,4-5H3/b13-8+. The molecule has 1 fully saturated rings. The van der Waals surface area contributed by atoms with Crippen LogP contribution in [0.15, 0.2) is 23.9 Å². The number of nitrogens with zero attached hydrogens (tertiary/aromatic N) is 1. The lowest BCUT2D eigenvalue weighted by Gasteiger charge is -2.42. The van der Waals surface area contributed by atoms with E-state index in [0.717, 1.165) is 13.0 Å². The van der Waals surface area contributed by atoms with Gasteiger partial charge < -0.3 is 4.90 Å². The second-order valence-corrected chi connectivity index (χ2v) is 5.09. The van der Waals surface area contributed by atoms with E-state index in [9.17, 15) is 0 Å². The normalized spacial score (nSPS) is 23.6. The Morgan fingerprint density at radius 2 is 2.07 bits per heavy atom. The van der Waals surface area contributed by atoms with E-state index in [0.29, 0.717) is 5.41 Å². The van der Waals surface area contributed by atoms with Crippen molar-refractivity contribution in [2.24, 2.45) is 5.41 Å². The van der Waals surface area contributed by atoms with Crippen LogP contribution in [0.5, 0.6) is 0 Å². The molecule has 1 heteroatoms. The first kappa shape index (κ1) is 12.4. The van der Waals surface area contributed by atoms with Crippen LogP contribution in [0.2, 0.25) is 0 Å². The Hall–Kier alpha value is -0.720. The maximum atomic E-state index is 4.27. The molecular formula is C14H25N. The summed E-state index contributed by atoms with van der Waals surface area (Å²) in [4.78, 5) is 2.44. The Labute approximate surface area is 94.9 Å². The van der Waals surface area contributed by atoms with Crippen LogP contribution in [-0.2, 0) is 0 Å². The summed E-state index contributed by atoms with van der Waals surface area (Å²) >= 11 is 0. The van der Waals surface area contributed by atoms with Gasteiger partial charge in [0.25, 0.3) is 0 Å². The summed E-state index contributed by atoms with van der Waals surface area (Å²) in [5, 5.41) is 0. The average Bonchev–Trinajstić information content (AvgIpc) is 2.17. The first-order valence-electron chi connectivity index (χ1n) is 6.17. The summed E-state index contributed by atoms with van der Waals surface area (Å²) in [6, 6.07) is 0. The lowest BCUT2D eigenvalue weighted by Crippen LogP contribution is -2.37. The molecule has 1 nitrogen and oxygen atoms in total. The Balaban J connectivity index is 2.87. The van der Waals surface area contributed by atoms with E-state index in [1.54, 1.807) is 0 Å². The number of piperidine rings is 1. The molecule has 1 saturated heterocycles. The highest BCUT2D eigenvalue weighted by molar-refractivity contribution is 5.35. The molecule has 15 heavy (non-hydrogen) atoms. The Morgan fingerprint density at radius 1 is 1.40 bits per heavy atom.